The predicted molar refractivity (Wildman–Crippen MR) is 73.5 cm³/mol. The zero-order valence-corrected chi connectivity index (χ0v) is 10.9. The van der Waals surface area contributed by atoms with Crippen molar-refractivity contribution in [2.45, 2.75) is 0 Å². The first-order valence-corrected chi connectivity index (χ1v) is 5.83. The van der Waals surface area contributed by atoms with Gasteiger partial charge in [0.25, 0.3) is 11.4 Å². The summed E-state index contributed by atoms with van der Waals surface area (Å²) >= 11 is 5.67. The van der Waals surface area contributed by atoms with Gasteiger partial charge in [0, 0.05) is 17.7 Å². The van der Waals surface area contributed by atoms with Crippen LogP contribution in [0.25, 0.3) is 11.1 Å². The number of nitro benzene ring substituents is 2. The Hall–Kier alpha value is -2.87. The van der Waals surface area contributed by atoms with Crippen LogP contribution in [0, 0.1) is 20.2 Å². The fraction of sp³-hybridized carbons (Fsp3) is 0. The summed E-state index contributed by atoms with van der Waals surface area (Å²) in [5, 5.41) is 40.5. The summed E-state index contributed by atoms with van der Waals surface area (Å²) in [6.07, 6.45) is 0. The molecule has 0 saturated heterocycles. The number of aromatic hydroxyl groups is 2. The molecule has 0 unspecified atom stereocenters. The van der Waals surface area contributed by atoms with E-state index in [9.17, 15) is 30.4 Å². The van der Waals surface area contributed by atoms with Crippen molar-refractivity contribution in [2.75, 3.05) is 0 Å². The number of benzene rings is 2. The van der Waals surface area contributed by atoms with E-state index in [4.69, 9.17) is 11.6 Å². The maximum Gasteiger partial charge on any atom is 0.276 e. The van der Waals surface area contributed by atoms with Crippen molar-refractivity contribution >= 4 is 23.0 Å². The number of rotatable bonds is 3. The summed E-state index contributed by atoms with van der Waals surface area (Å²) < 4.78 is 0. The third kappa shape index (κ3) is 2.70. The predicted octanol–water partition coefficient (Wildman–Crippen LogP) is 3.23. The highest BCUT2D eigenvalue weighted by Crippen LogP contribution is 2.42. The van der Waals surface area contributed by atoms with Gasteiger partial charge in [0.2, 0.25) is 0 Å². The zero-order valence-electron chi connectivity index (χ0n) is 10.2. The van der Waals surface area contributed by atoms with Crippen molar-refractivity contribution in [3.8, 4) is 22.6 Å². The van der Waals surface area contributed by atoms with E-state index in [0.717, 1.165) is 18.2 Å². The SMILES string of the molecule is O=[N+]([O-])c1cc(-c2ccc(O)c(Cl)c2O)cc([N+](=O)[O-])c1. The Morgan fingerprint density at radius 2 is 1.48 bits per heavy atom. The highest BCUT2D eigenvalue weighted by Gasteiger charge is 2.20. The highest BCUT2D eigenvalue weighted by molar-refractivity contribution is 6.34. The van der Waals surface area contributed by atoms with Crippen molar-refractivity contribution in [1.82, 2.24) is 0 Å². The molecule has 0 aliphatic rings. The lowest BCUT2D eigenvalue weighted by molar-refractivity contribution is -0.394. The first-order valence-electron chi connectivity index (χ1n) is 5.46. The molecule has 2 N–H and O–H groups in total. The van der Waals surface area contributed by atoms with Gasteiger partial charge in [-0.2, -0.15) is 0 Å². The van der Waals surface area contributed by atoms with Crippen molar-refractivity contribution in [3.05, 3.63) is 55.6 Å². The van der Waals surface area contributed by atoms with E-state index >= 15 is 0 Å². The summed E-state index contributed by atoms with van der Waals surface area (Å²) in [5.41, 5.74) is -0.925. The van der Waals surface area contributed by atoms with Gasteiger partial charge in [-0.05, 0) is 17.7 Å². The molecular formula is C12H7ClN2O6. The maximum atomic E-state index is 10.8. The van der Waals surface area contributed by atoms with Crippen molar-refractivity contribution in [1.29, 1.82) is 0 Å². The number of nitrogens with zero attached hydrogens (tertiary/aromatic N) is 2. The Balaban J connectivity index is 2.71. The number of non-ortho nitro benzene ring substituents is 2. The summed E-state index contributed by atoms with van der Waals surface area (Å²) in [4.78, 5) is 20.1. The normalized spacial score (nSPS) is 10.3. The van der Waals surface area contributed by atoms with Crippen LogP contribution >= 0.6 is 11.6 Å². The summed E-state index contributed by atoms with van der Waals surface area (Å²) in [6, 6.07) is 5.36. The largest absolute Gasteiger partial charge is 0.506 e. The van der Waals surface area contributed by atoms with E-state index in [0.29, 0.717) is 0 Å². The molecule has 0 bridgehead atoms. The van der Waals surface area contributed by atoms with E-state index in [2.05, 4.69) is 0 Å². The summed E-state index contributed by atoms with van der Waals surface area (Å²) in [7, 11) is 0. The number of phenols is 2. The Bertz CT molecular complexity index is 729. The topological polar surface area (TPSA) is 127 Å². The average molecular weight is 311 g/mol. The van der Waals surface area contributed by atoms with Crippen LogP contribution in [-0.2, 0) is 0 Å². The van der Waals surface area contributed by atoms with E-state index in [1.807, 2.05) is 0 Å². The molecule has 0 amide bonds. The van der Waals surface area contributed by atoms with Crippen LogP contribution in [0.2, 0.25) is 5.02 Å². The molecule has 8 nitrogen and oxygen atoms in total. The maximum absolute atomic E-state index is 10.8. The van der Waals surface area contributed by atoms with Crippen LogP contribution in [0.1, 0.15) is 0 Å². The minimum atomic E-state index is -0.782. The van der Waals surface area contributed by atoms with Gasteiger partial charge in [-0.25, -0.2) is 0 Å². The number of nitro groups is 2. The van der Waals surface area contributed by atoms with Crippen LogP contribution in [0.3, 0.4) is 0 Å². The van der Waals surface area contributed by atoms with Crippen molar-refractivity contribution in [3.63, 3.8) is 0 Å². The fourth-order valence-corrected chi connectivity index (χ4v) is 1.91. The molecule has 0 heterocycles. The second kappa shape index (κ2) is 5.25. The first kappa shape index (κ1) is 14.5. The molecule has 0 aliphatic carbocycles. The molecule has 108 valence electrons. The van der Waals surface area contributed by atoms with Gasteiger partial charge >= 0.3 is 0 Å². The number of phenolic OH excluding ortho intramolecular Hbond substituents is 2. The molecule has 0 spiro atoms. The standard InChI is InChI=1S/C12H7ClN2O6/c13-11-10(16)2-1-9(12(11)17)6-3-7(14(18)19)5-8(4-6)15(20)21/h1-5,16-17H. The summed E-state index contributed by atoms with van der Waals surface area (Å²) in [6.45, 7) is 0. The lowest BCUT2D eigenvalue weighted by Crippen LogP contribution is -1.94. The molecule has 0 fully saturated rings. The lowest BCUT2D eigenvalue weighted by atomic mass is 10.0. The molecule has 9 heteroatoms. The molecule has 0 saturated carbocycles. The van der Waals surface area contributed by atoms with Crippen LogP contribution in [0.15, 0.2) is 30.3 Å². The van der Waals surface area contributed by atoms with Crippen LogP contribution in [0.4, 0.5) is 11.4 Å². The fourth-order valence-electron chi connectivity index (χ4n) is 1.75. The van der Waals surface area contributed by atoms with E-state index in [-0.39, 0.29) is 21.9 Å². The van der Waals surface area contributed by atoms with Gasteiger partial charge in [0.05, 0.1) is 15.9 Å². The van der Waals surface area contributed by atoms with Gasteiger partial charge in [-0.15, -0.1) is 0 Å². The summed E-state index contributed by atoms with van der Waals surface area (Å²) in [5.74, 6) is -0.899. The first-order chi connectivity index (χ1) is 9.81. The van der Waals surface area contributed by atoms with Gasteiger partial charge in [-0.1, -0.05) is 11.6 Å². The number of hydrogen-bond acceptors (Lipinski definition) is 6. The zero-order chi connectivity index (χ0) is 15.7. The Morgan fingerprint density at radius 1 is 0.952 bits per heavy atom. The van der Waals surface area contributed by atoms with Crippen molar-refractivity contribution in [2.24, 2.45) is 0 Å². The number of halogens is 1. The molecule has 2 aromatic rings. The monoisotopic (exact) mass is 310 g/mol. The van der Waals surface area contributed by atoms with Gasteiger partial charge < -0.3 is 10.2 Å². The number of hydrogen-bond donors (Lipinski definition) is 2. The molecule has 0 aromatic heterocycles. The minimum absolute atomic E-state index is 0.0320. The Labute approximate surface area is 122 Å². The minimum Gasteiger partial charge on any atom is -0.506 e. The van der Waals surface area contributed by atoms with Crippen molar-refractivity contribution < 1.29 is 20.1 Å². The second-order valence-electron chi connectivity index (χ2n) is 4.05. The molecule has 0 radical (unpaired) electrons. The Morgan fingerprint density at radius 3 is 1.95 bits per heavy atom. The third-order valence-corrected chi connectivity index (χ3v) is 3.10. The molecule has 2 rings (SSSR count). The quantitative estimate of drug-likeness (QED) is 0.661. The van der Waals surface area contributed by atoms with Crippen LogP contribution < -0.4 is 0 Å². The average Bonchev–Trinajstić information content (AvgIpc) is 2.44. The van der Waals surface area contributed by atoms with E-state index in [1.165, 1.54) is 12.1 Å². The van der Waals surface area contributed by atoms with E-state index < -0.39 is 27.0 Å². The Kier molecular flexibility index (Phi) is 3.64. The molecule has 0 atom stereocenters. The van der Waals surface area contributed by atoms with Gasteiger partial charge in [0.15, 0.2) is 0 Å². The van der Waals surface area contributed by atoms with Gasteiger partial charge in [-0.3, -0.25) is 20.2 Å². The highest BCUT2D eigenvalue weighted by atomic mass is 35.5. The second-order valence-corrected chi connectivity index (χ2v) is 4.43. The smallest absolute Gasteiger partial charge is 0.276 e. The third-order valence-electron chi connectivity index (χ3n) is 2.73. The van der Waals surface area contributed by atoms with Crippen LogP contribution in [0.5, 0.6) is 11.5 Å². The molecule has 0 aliphatic heterocycles. The van der Waals surface area contributed by atoms with Crippen LogP contribution in [-0.4, -0.2) is 20.1 Å². The van der Waals surface area contributed by atoms with E-state index in [1.54, 1.807) is 0 Å². The molecule has 2 aromatic carbocycles. The molecular weight excluding hydrogens is 304 g/mol. The lowest BCUT2D eigenvalue weighted by Gasteiger charge is -2.07. The molecule has 21 heavy (non-hydrogen) atoms. The van der Waals surface area contributed by atoms with Gasteiger partial charge in [0.1, 0.15) is 16.5 Å².